The molecule has 1 rings (SSSR count). The van der Waals surface area contributed by atoms with Gasteiger partial charge in [0, 0.05) is 0 Å². The third kappa shape index (κ3) is 7.86. The molecule has 0 spiro atoms. The van der Waals surface area contributed by atoms with Gasteiger partial charge in [0.2, 0.25) is 0 Å². The zero-order chi connectivity index (χ0) is 14.5. The maximum Gasteiger partial charge on any atom is 0.0993 e. The molecule has 1 aromatic carbocycles. The monoisotopic (exact) mass is 278 g/mol. The second-order valence-electron chi connectivity index (χ2n) is 4.13. The predicted molar refractivity (Wildman–Crippen MR) is 78.3 cm³/mol. The van der Waals surface area contributed by atoms with Gasteiger partial charge in [0.25, 0.3) is 0 Å². The van der Waals surface area contributed by atoms with Gasteiger partial charge < -0.3 is 19.7 Å². The zero-order valence-corrected chi connectivity index (χ0v) is 11.5. The molecule has 4 heteroatoms. The Morgan fingerprint density at radius 1 is 1.10 bits per heavy atom. The maximum absolute atomic E-state index is 8.79. The van der Waals surface area contributed by atoms with E-state index in [1.165, 1.54) is 0 Å². The van der Waals surface area contributed by atoms with Crippen LogP contribution in [0.4, 0.5) is 0 Å². The lowest BCUT2D eigenvalue weighted by Gasteiger charge is -2.14. The Balaban J connectivity index is 2.35. The highest BCUT2D eigenvalue weighted by Gasteiger charge is 2.04. The van der Waals surface area contributed by atoms with Crippen molar-refractivity contribution in [3.05, 3.63) is 60.2 Å². The molecule has 0 bridgehead atoms. The molecule has 4 nitrogen and oxygen atoms in total. The molecule has 0 radical (unpaired) electrons. The number of benzene rings is 1. The normalized spacial score (nSPS) is 13.3. The summed E-state index contributed by atoms with van der Waals surface area (Å²) in [5.41, 5.74) is 1.11. The molecule has 1 aromatic rings. The number of aliphatic hydroxyl groups is 2. The van der Waals surface area contributed by atoms with Crippen LogP contribution in [0.3, 0.4) is 0 Å². The summed E-state index contributed by atoms with van der Waals surface area (Å²) in [5, 5.41) is 17.4. The third-order valence-corrected chi connectivity index (χ3v) is 2.50. The van der Waals surface area contributed by atoms with Crippen LogP contribution in [0.5, 0.6) is 0 Å². The van der Waals surface area contributed by atoms with Gasteiger partial charge in [0.15, 0.2) is 0 Å². The van der Waals surface area contributed by atoms with Crippen LogP contribution in [0, 0.1) is 0 Å². The molecule has 0 heterocycles. The molecule has 0 saturated heterocycles. The Labute approximate surface area is 120 Å². The topological polar surface area (TPSA) is 58.9 Å². The van der Waals surface area contributed by atoms with E-state index in [0.29, 0.717) is 13.2 Å². The van der Waals surface area contributed by atoms with E-state index >= 15 is 0 Å². The minimum Gasteiger partial charge on any atom is -0.394 e. The van der Waals surface area contributed by atoms with E-state index in [2.05, 4.69) is 0 Å². The highest BCUT2D eigenvalue weighted by molar-refractivity contribution is 5.13. The Morgan fingerprint density at radius 3 is 2.60 bits per heavy atom. The average molecular weight is 278 g/mol. The van der Waals surface area contributed by atoms with Crippen LogP contribution in [0.1, 0.15) is 5.56 Å². The van der Waals surface area contributed by atoms with Crippen LogP contribution in [0.25, 0.3) is 0 Å². The molecule has 2 N–H and O–H groups in total. The molecule has 110 valence electrons. The van der Waals surface area contributed by atoms with Crippen molar-refractivity contribution in [1.29, 1.82) is 0 Å². The predicted octanol–water partition coefficient (Wildman–Crippen LogP) is 1.69. The van der Waals surface area contributed by atoms with Crippen molar-refractivity contribution < 1.29 is 19.7 Å². The van der Waals surface area contributed by atoms with E-state index in [1.54, 1.807) is 18.2 Å². The summed E-state index contributed by atoms with van der Waals surface area (Å²) < 4.78 is 11.1. The minimum atomic E-state index is -0.214. The Kier molecular flexibility index (Phi) is 9.44. The zero-order valence-electron chi connectivity index (χ0n) is 11.5. The maximum atomic E-state index is 8.79. The number of hydrogen-bond acceptors (Lipinski definition) is 4. The molecule has 0 unspecified atom stereocenters. The number of hydrogen-bond donors (Lipinski definition) is 2. The number of allylic oxidation sites excluding steroid dienone is 2. The van der Waals surface area contributed by atoms with Gasteiger partial charge in [-0.1, -0.05) is 54.6 Å². The van der Waals surface area contributed by atoms with Crippen molar-refractivity contribution in [2.45, 2.75) is 12.7 Å². The van der Waals surface area contributed by atoms with Crippen molar-refractivity contribution in [3.8, 4) is 0 Å². The van der Waals surface area contributed by atoms with E-state index in [-0.39, 0.29) is 25.9 Å². The molecule has 0 aromatic heterocycles. The average Bonchev–Trinajstić information content (AvgIpc) is 2.49. The van der Waals surface area contributed by atoms with Crippen molar-refractivity contribution in [1.82, 2.24) is 0 Å². The lowest BCUT2D eigenvalue weighted by Crippen LogP contribution is -2.19. The van der Waals surface area contributed by atoms with Gasteiger partial charge in [-0.3, -0.25) is 0 Å². The molecule has 0 saturated carbocycles. The van der Waals surface area contributed by atoms with Crippen molar-refractivity contribution in [3.63, 3.8) is 0 Å². The summed E-state index contributed by atoms with van der Waals surface area (Å²) in [5.74, 6) is 0. The molecule has 0 fully saturated rings. The van der Waals surface area contributed by atoms with Gasteiger partial charge in [0.05, 0.1) is 39.1 Å². The lowest BCUT2D eigenvalue weighted by atomic mass is 10.2. The molecule has 0 aliphatic heterocycles. The van der Waals surface area contributed by atoms with Crippen LogP contribution in [0.15, 0.2) is 54.6 Å². The second kappa shape index (κ2) is 11.4. The fraction of sp³-hybridized carbons (Fsp3) is 0.375. The first-order chi connectivity index (χ1) is 9.86. The SMILES string of the molecule is OC/C=C/C=C/[C@H](COCc1ccccc1)OCCO. The summed E-state index contributed by atoms with van der Waals surface area (Å²) in [6.07, 6.45) is 6.79. The van der Waals surface area contributed by atoms with Gasteiger partial charge >= 0.3 is 0 Å². The number of ether oxygens (including phenoxy) is 2. The van der Waals surface area contributed by atoms with Crippen molar-refractivity contribution in [2.75, 3.05) is 26.4 Å². The van der Waals surface area contributed by atoms with Gasteiger partial charge in [-0.05, 0) is 5.56 Å². The molecule has 0 amide bonds. The highest BCUT2D eigenvalue weighted by atomic mass is 16.5. The first-order valence-corrected chi connectivity index (χ1v) is 6.65. The Morgan fingerprint density at radius 2 is 1.90 bits per heavy atom. The van der Waals surface area contributed by atoms with Crippen molar-refractivity contribution >= 4 is 0 Å². The number of aliphatic hydroxyl groups excluding tert-OH is 2. The van der Waals surface area contributed by atoms with Crippen LogP contribution < -0.4 is 0 Å². The van der Waals surface area contributed by atoms with E-state index in [0.717, 1.165) is 5.56 Å². The fourth-order valence-corrected chi connectivity index (χ4v) is 1.56. The van der Waals surface area contributed by atoms with Crippen LogP contribution in [0.2, 0.25) is 0 Å². The van der Waals surface area contributed by atoms with E-state index in [4.69, 9.17) is 19.7 Å². The standard InChI is InChI=1S/C16H22O4/c17-10-6-2-5-9-16(20-12-11-18)14-19-13-15-7-3-1-4-8-15/h1-9,16-18H,10-14H2/b6-2+,9-5+/t16-/m1/s1. The molecule has 20 heavy (non-hydrogen) atoms. The van der Waals surface area contributed by atoms with Crippen LogP contribution >= 0.6 is 0 Å². The molecule has 0 aliphatic carbocycles. The first-order valence-electron chi connectivity index (χ1n) is 6.65. The van der Waals surface area contributed by atoms with Crippen LogP contribution in [-0.4, -0.2) is 42.7 Å². The molecular formula is C16H22O4. The largest absolute Gasteiger partial charge is 0.394 e. The summed E-state index contributed by atoms with van der Waals surface area (Å²) in [6, 6.07) is 9.91. The van der Waals surface area contributed by atoms with Crippen LogP contribution in [-0.2, 0) is 16.1 Å². The summed E-state index contributed by atoms with van der Waals surface area (Å²) in [6.45, 7) is 1.21. The fourth-order valence-electron chi connectivity index (χ4n) is 1.56. The van der Waals surface area contributed by atoms with E-state index in [1.807, 2.05) is 36.4 Å². The first kappa shape index (κ1) is 16.6. The van der Waals surface area contributed by atoms with Gasteiger partial charge in [-0.25, -0.2) is 0 Å². The third-order valence-electron chi connectivity index (χ3n) is 2.50. The minimum absolute atomic E-state index is 0.0109. The molecule has 0 aliphatic rings. The van der Waals surface area contributed by atoms with Crippen molar-refractivity contribution in [2.24, 2.45) is 0 Å². The smallest absolute Gasteiger partial charge is 0.0993 e. The van der Waals surface area contributed by atoms with Gasteiger partial charge in [0.1, 0.15) is 0 Å². The van der Waals surface area contributed by atoms with E-state index in [9.17, 15) is 0 Å². The summed E-state index contributed by atoms with van der Waals surface area (Å²) in [4.78, 5) is 0. The Hall–Kier alpha value is -1.46. The summed E-state index contributed by atoms with van der Waals surface area (Å²) >= 11 is 0. The summed E-state index contributed by atoms with van der Waals surface area (Å²) in [7, 11) is 0. The highest BCUT2D eigenvalue weighted by Crippen LogP contribution is 2.03. The number of rotatable bonds is 10. The Bertz CT molecular complexity index is 387. The molecule has 1 atom stereocenters. The van der Waals surface area contributed by atoms with Gasteiger partial charge in [-0.2, -0.15) is 0 Å². The van der Waals surface area contributed by atoms with E-state index < -0.39 is 0 Å². The quantitative estimate of drug-likeness (QED) is 0.639. The molecular weight excluding hydrogens is 256 g/mol. The lowest BCUT2D eigenvalue weighted by molar-refractivity contribution is -0.00921. The van der Waals surface area contributed by atoms with Gasteiger partial charge in [-0.15, -0.1) is 0 Å². The second-order valence-corrected chi connectivity index (χ2v) is 4.13.